The highest BCUT2D eigenvalue weighted by Gasteiger charge is 2.15. The van der Waals surface area contributed by atoms with Crippen LogP contribution in [0, 0.1) is 0 Å². The molecule has 0 bridgehead atoms. The third-order valence-electron chi connectivity index (χ3n) is 5.12. The number of pyridine rings is 1. The molecule has 0 unspecified atom stereocenters. The SMILES string of the molecule is CCOc1ccc(NC(=S)N(Cc2cccs2)Cc2cc3cc(OC)ccc3[nH]c2=O)cc1. The summed E-state index contributed by atoms with van der Waals surface area (Å²) in [6.45, 7) is 3.53. The number of fused-ring (bicyclic) bond motifs is 1. The van der Waals surface area contributed by atoms with E-state index < -0.39 is 0 Å². The average molecular weight is 480 g/mol. The van der Waals surface area contributed by atoms with E-state index in [0.717, 1.165) is 33.0 Å². The molecule has 33 heavy (non-hydrogen) atoms. The zero-order valence-electron chi connectivity index (χ0n) is 18.5. The Morgan fingerprint density at radius 2 is 1.88 bits per heavy atom. The van der Waals surface area contributed by atoms with Crippen molar-refractivity contribution in [1.29, 1.82) is 0 Å². The van der Waals surface area contributed by atoms with Gasteiger partial charge in [-0.1, -0.05) is 6.07 Å². The Labute approximate surface area is 201 Å². The molecule has 2 aromatic carbocycles. The van der Waals surface area contributed by atoms with Crippen LogP contribution in [0.15, 0.2) is 70.8 Å². The molecule has 2 heterocycles. The van der Waals surface area contributed by atoms with Gasteiger partial charge in [0.1, 0.15) is 11.5 Å². The minimum absolute atomic E-state index is 0.132. The molecule has 4 rings (SSSR count). The fraction of sp³-hybridized carbons (Fsp3) is 0.200. The van der Waals surface area contributed by atoms with Crippen molar-refractivity contribution in [3.05, 3.63) is 86.8 Å². The minimum Gasteiger partial charge on any atom is -0.497 e. The van der Waals surface area contributed by atoms with Gasteiger partial charge in [0.25, 0.3) is 5.56 Å². The van der Waals surface area contributed by atoms with Gasteiger partial charge in [0.2, 0.25) is 0 Å². The molecule has 0 saturated heterocycles. The van der Waals surface area contributed by atoms with Gasteiger partial charge in [0, 0.05) is 27.0 Å². The van der Waals surface area contributed by atoms with Gasteiger partial charge in [-0.25, -0.2) is 0 Å². The third-order valence-corrected chi connectivity index (χ3v) is 6.34. The summed E-state index contributed by atoms with van der Waals surface area (Å²) in [7, 11) is 1.63. The van der Waals surface area contributed by atoms with Crippen molar-refractivity contribution in [2.45, 2.75) is 20.0 Å². The Hall–Kier alpha value is -3.36. The predicted octanol–water partition coefficient (Wildman–Crippen LogP) is 5.40. The molecule has 2 aromatic heterocycles. The molecule has 170 valence electrons. The number of hydrogen-bond donors (Lipinski definition) is 2. The lowest BCUT2D eigenvalue weighted by atomic mass is 10.1. The molecule has 6 nitrogen and oxygen atoms in total. The summed E-state index contributed by atoms with van der Waals surface area (Å²) >= 11 is 7.40. The lowest BCUT2D eigenvalue weighted by molar-refractivity contribution is 0.340. The van der Waals surface area contributed by atoms with Crippen LogP contribution in [0.4, 0.5) is 5.69 Å². The molecule has 4 aromatic rings. The van der Waals surface area contributed by atoms with E-state index in [4.69, 9.17) is 21.7 Å². The molecule has 0 atom stereocenters. The number of nitrogens with one attached hydrogen (secondary N) is 2. The third kappa shape index (κ3) is 5.71. The number of ether oxygens (including phenoxy) is 2. The average Bonchev–Trinajstić information content (AvgIpc) is 3.33. The van der Waals surface area contributed by atoms with Gasteiger partial charge in [0.15, 0.2) is 5.11 Å². The summed E-state index contributed by atoms with van der Waals surface area (Å²) in [5.41, 5.74) is 2.12. The van der Waals surface area contributed by atoms with Crippen LogP contribution in [0.1, 0.15) is 17.4 Å². The molecular formula is C25H25N3O3S2. The molecule has 0 fully saturated rings. The molecule has 2 N–H and O–H groups in total. The largest absolute Gasteiger partial charge is 0.497 e. The highest BCUT2D eigenvalue weighted by Crippen LogP contribution is 2.21. The highest BCUT2D eigenvalue weighted by molar-refractivity contribution is 7.80. The first-order valence-electron chi connectivity index (χ1n) is 10.6. The molecule has 0 radical (unpaired) electrons. The van der Waals surface area contributed by atoms with Gasteiger partial charge in [0.05, 0.1) is 26.8 Å². The van der Waals surface area contributed by atoms with Gasteiger partial charge < -0.3 is 24.7 Å². The van der Waals surface area contributed by atoms with Crippen molar-refractivity contribution in [2.24, 2.45) is 0 Å². The summed E-state index contributed by atoms with van der Waals surface area (Å²) in [5.74, 6) is 1.55. The number of aromatic nitrogens is 1. The van der Waals surface area contributed by atoms with Crippen LogP contribution in [-0.4, -0.2) is 28.7 Å². The number of thiophene rings is 1. The van der Waals surface area contributed by atoms with Crippen molar-refractivity contribution in [2.75, 3.05) is 19.0 Å². The maximum Gasteiger partial charge on any atom is 0.253 e. The van der Waals surface area contributed by atoms with Crippen LogP contribution in [0.5, 0.6) is 11.5 Å². The van der Waals surface area contributed by atoms with E-state index in [0.29, 0.717) is 30.4 Å². The van der Waals surface area contributed by atoms with Crippen LogP contribution in [-0.2, 0) is 13.1 Å². The fourth-order valence-electron chi connectivity index (χ4n) is 3.47. The zero-order chi connectivity index (χ0) is 23.2. The first kappa shape index (κ1) is 22.8. The molecule has 0 aliphatic heterocycles. The van der Waals surface area contributed by atoms with Crippen LogP contribution in [0.25, 0.3) is 10.9 Å². The topological polar surface area (TPSA) is 66.6 Å². The molecule has 0 spiro atoms. The van der Waals surface area contributed by atoms with Gasteiger partial charge in [-0.2, -0.15) is 0 Å². The van der Waals surface area contributed by atoms with Crippen LogP contribution < -0.4 is 20.3 Å². The van der Waals surface area contributed by atoms with Crippen LogP contribution in [0.2, 0.25) is 0 Å². The summed E-state index contributed by atoms with van der Waals surface area (Å²) in [4.78, 5) is 18.9. The summed E-state index contributed by atoms with van der Waals surface area (Å²) in [5, 5.41) is 6.77. The Morgan fingerprint density at radius 1 is 1.09 bits per heavy atom. The predicted molar refractivity (Wildman–Crippen MR) is 139 cm³/mol. The summed E-state index contributed by atoms with van der Waals surface area (Å²) in [6, 6.07) is 19.2. The van der Waals surface area contributed by atoms with Crippen molar-refractivity contribution in [1.82, 2.24) is 9.88 Å². The van der Waals surface area contributed by atoms with Crippen LogP contribution in [0.3, 0.4) is 0 Å². The number of hydrogen-bond acceptors (Lipinski definition) is 5. The Morgan fingerprint density at radius 3 is 2.58 bits per heavy atom. The Balaban J connectivity index is 1.59. The van der Waals surface area contributed by atoms with Crippen LogP contribution >= 0.6 is 23.6 Å². The molecule has 0 aliphatic carbocycles. The summed E-state index contributed by atoms with van der Waals surface area (Å²) in [6.07, 6.45) is 0. The summed E-state index contributed by atoms with van der Waals surface area (Å²) < 4.78 is 10.8. The lowest BCUT2D eigenvalue weighted by Crippen LogP contribution is -2.35. The number of thiocarbonyl (C=S) groups is 1. The van der Waals surface area contributed by atoms with Gasteiger partial charge in [-0.15, -0.1) is 11.3 Å². The van der Waals surface area contributed by atoms with E-state index in [9.17, 15) is 4.79 Å². The van der Waals surface area contributed by atoms with Gasteiger partial charge in [-0.05, 0) is 79.1 Å². The van der Waals surface area contributed by atoms with Gasteiger partial charge in [-0.3, -0.25) is 4.79 Å². The number of nitrogens with zero attached hydrogens (tertiary/aromatic N) is 1. The van der Waals surface area contributed by atoms with Gasteiger partial charge >= 0.3 is 0 Å². The second-order valence-electron chi connectivity index (χ2n) is 7.40. The maximum absolute atomic E-state index is 12.8. The number of methoxy groups -OCH3 is 1. The molecule has 8 heteroatoms. The number of rotatable bonds is 8. The number of benzene rings is 2. The van der Waals surface area contributed by atoms with Crippen molar-refractivity contribution in [3.8, 4) is 11.5 Å². The fourth-order valence-corrected chi connectivity index (χ4v) is 4.44. The second-order valence-corrected chi connectivity index (χ2v) is 8.82. The van der Waals surface area contributed by atoms with E-state index in [-0.39, 0.29) is 5.56 Å². The maximum atomic E-state index is 12.8. The molecular weight excluding hydrogens is 454 g/mol. The standard InChI is InChI=1S/C25H25N3O3S2/c1-3-31-20-8-6-19(7-9-20)26-25(32)28(16-22-5-4-12-33-22)15-18-13-17-14-21(30-2)10-11-23(17)27-24(18)29/h4-14H,3,15-16H2,1-2H3,(H,26,32)(H,27,29). The quantitative estimate of drug-likeness (QED) is 0.330. The van der Waals surface area contributed by atoms with E-state index in [2.05, 4.69) is 16.4 Å². The lowest BCUT2D eigenvalue weighted by Gasteiger charge is -2.25. The van der Waals surface area contributed by atoms with E-state index in [1.807, 2.05) is 71.8 Å². The first-order valence-corrected chi connectivity index (χ1v) is 11.9. The number of anilines is 1. The zero-order valence-corrected chi connectivity index (χ0v) is 20.1. The second kappa shape index (κ2) is 10.5. The first-order chi connectivity index (χ1) is 16.1. The molecule has 0 aliphatic rings. The molecule has 0 saturated carbocycles. The number of aromatic amines is 1. The number of H-pyrrole nitrogens is 1. The van der Waals surface area contributed by atoms with E-state index in [1.165, 1.54) is 0 Å². The minimum atomic E-state index is -0.132. The van der Waals surface area contributed by atoms with E-state index in [1.54, 1.807) is 18.4 Å². The normalized spacial score (nSPS) is 10.7. The van der Waals surface area contributed by atoms with Crippen molar-refractivity contribution in [3.63, 3.8) is 0 Å². The monoisotopic (exact) mass is 479 g/mol. The highest BCUT2D eigenvalue weighted by atomic mass is 32.1. The van der Waals surface area contributed by atoms with Crippen molar-refractivity contribution >= 4 is 45.3 Å². The smallest absolute Gasteiger partial charge is 0.253 e. The molecule has 0 amide bonds. The Bertz CT molecular complexity index is 1280. The van der Waals surface area contributed by atoms with E-state index >= 15 is 0 Å². The van der Waals surface area contributed by atoms with Crippen molar-refractivity contribution < 1.29 is 9.47 Å². The Kier molecular flexibility index (Phi) is 7.26.